The molecule has 1 aliphatic carbocycles. The zero-order chi connectivity index (χ0) is 21.4. The van der Waals surface area contributed by atoms with Crippen LogP contribution >= 0.6 is 11.6 Å². The molecule has 0 atom stereocenters. The first kappa shape index (κ1) is 20.4. The van der Waals surface area contributed by atoms with Crippen LogP contribution < -0.4 is 4.74 Å². The summed E-state index contributed by atoms with van der Waals surface area (Å²) in [6.07, 6.45) is 4.68. The number of hydrogen-bond donors (Lipinski definition) is 0. The third-order valence-corrected chi connectivity index (χ3v) is 5.55. The molecule has 6 nitrogen and oxygen atoms in total. The highest BCUT2D eigenvalue weighted by molar-refractivity contribution is 6.30. The van der Waals surface area contributed by atoms with E-state index in [-0.39, 0.29) is 12.1 Å². The molecule has 0 aliphatic heterocycles. The Hall–Kier alpha value is -2.86. The molecule has 30 heavy (non-hydrogen) atoms. The summed E-state index contributed by atoms with van der Waals surface area (Å²) < 4.78 is 7.72. The molecule has 0 spiro atoms. The van der Waals surface area contributed by atoms with Crippen LogP contribution in [0.25, 0.3) is 16.8 Å². The van der Waals surface area contributed by atoms with Gasteiger partial charge in [0.1, 0.15) is 0 Å². The van der Waals surface area contributed by atoms with E-state index in [2.05, 4.69) is 4.98 Å². The lowest BCUT2D eigenvalue weighted by Crippen LogP contribution is -2.43. The number of amides is 1. The van der Waals surface area contributed by atoms with Crippen molar-refractivity contribution in [1.82, 2.24) is 19.7 Å². The molecule has 3 aromatic rings. The van der Waals surface area contributed by atoms with Gasteiger partial charge in [0.05, 0.1) is 23.1 Å². The Labute approximate surface area is 181 Å². The van der Waals surface area contributed by atoms with Crippen LogP contribution in [-0.4, -0.2) is 37.8 Å². The molecule has 0 saturated heterocycles. The number of carbonyl (C=O) groups excluding carboxylic acids is 1. The Bertz CT molecular complexity index is 1070. The molecule has 0 N–H and O–H groups in total. The van der Waals surface area contributed by atoms with Crippen molar-refractivity contribution in [3.8, 4) is 22.7 Å². The lowest BCUT2D eigenvalue weighted by Gasteiger charge is -2.29. The van der Waals surface area contributed by atoms with Gasteiger partial charge in [0.25, 0.3) is 5.88 Å². The van der Waals surface area contributed by atoms with Crippen molar-refractivity contribution in [2.45, 2.75) is 52.6 Å². The van der Waals surface area contributed by atoms with Crippen molar-refractivity contribution < 1.29 is 9.53 Å². The largest absolute Gasteiger partial charge is 0.417 e. The predicted molar refractivity (Wildman–Crippen MR) is 117 cm³/mol. The molecular formula is C23H25ClN4O2. The van der Waals surface area contributed by atoms with Crippen molar-refractivity contribution in [2.24, 2.45) is 0 Å². The molecule has 0 unspecified atom stereocenters. The van der Waals surface area contributed by atoms with E-state index in [0.717, 1.165) is 40.9 Å². The van der Waals surface area contributed by atoms with Crippen LogP contribution in [0.2, 0.25) is 5.02 Å². The van der Waals surface area contributed by atoms with Gasteiger partial charge in [0, 0.05) is 23.3 Å². The Morgan fingerprint density at radius 3 is 2.60 bits per heavy atom. The first-order valence-corrected chi connectivity index (χ1v) is 10.6. The maximum absolute atomic E-state index is 13.0. The van der Waals surface area contributed by atoms with Crippen LogP contribution in [0.5, 0.6) is 5.88 Å². The second kappa shape index (κ2) is 8.11. The maximum atomic E-state index is 13.0. The van der Waals surface area contributed by atoms with Gasteiger partial charge in [0.15, 0.2) is 0 Å². The van der Waals surface area contributed by atoms with Gasteiger partial charge in [-0.1, -0.05) is 17.7 Å². The van der Waals surface area contributed by atoms with Crippen molar-refractivity contribution in [1.29, 1.82) is 0 Å². The number of nitrogens with zero attached hydrogens (tertiary/aromatic N) is 4. The summed E-state index contributed by atoms with van der Waals surface area (Å²) >= 11 is 6.22. The first-order valence-electron chi connectivity index (χ1n) is 10.2. The summed E-state index contributed by atoms with van der Waals surface area (Å²) in [5.74, 6) is 0.313. The van der Waals surface area contributed by atoms with Gasteiger partial charge < -0.3 is 9.64 Å². The number of aryl methyl sites for hydroxylation is 1. The third-order valence-electron chi connectivity index (χ3n) is 5.31. The molecule has 2 heterocycles. The molecule has 0 saturated carbocycles. The quantitative estimate of drug-likeness (QED) is 0.569. The number of carbonyl (C=O) groups is 1. The summed E-state index contributed by atoms with van der Waals surface area (Å²) in [5, 5.41) is 5.39. The van der Waals surface area contributed by atoms with E-state index in [1.165, 1.54) is 0 Å². The molecule has 2 aromatic heterocycles. The molecule has 7 heteroatoms. The summed E-state index contributed by atoms with van der Waals surface area (Å²) in [6, 6.07) is 9.64. The Morgan fingerprint density at radius 2 is 1.93 bits per heavy atom. The highest BCUT2D eigenvalue weighted by Gasteiger charge is 2.30. The summed E-state index contributed by atoms with van der Waals surface area (Å²) in [6.45, 7) is 7.90. The van der Waals surface area contributed by atoms with Gasteiger partial charge in [-0.15, -0.1) is 5.10 Å². The Morgan fingerprint density at radius 1 is 1.17 bits per heavy atom. The number of fused-ring (bicyclic) bond motifs is 3. The van der Waals surface area contributed by atoms with E-state index >= 15 is 0 Å². The molecule has 1 amide bonds. The lowest BCUT2D eigenvalue weighted by atomic mass is 9.89. The smallest absolute Gasteiger partial charge is 0.389 e. The van der Waals surface area contributed by atoms with Gasteiger partial charge in [-0.2, -0.15) is 0 Å². The van der Waals surface area contributed by atoms with E-state index in [1.807, 2.05) is 62.7 Å². The van der Waals surface area contributed by atoms with Crippen LogP contribution in [0.4, 0.5) is 4.79 Å². The fourth-order valence-corrected chi connectivity index (χ4v) is 4.31. The molecule has 0 bridgehead atoms. The van der Waals surface area contributed by atoms with Crippen LogP contribution in [0.1, 0.15) is 39.0 Å². The van der Waals surface area contributed by atoms with Crippen LogP contribution in [-0.2, 0) is 12.8 Å². The summed E-state index contributed by atoms with van der Waals surface area (Å²) in [4.78, 5) is 18.9. The topological polar surface area (TPSA) is 60.3 Å². The first-order chi connectivity index (χ1) is 14.4. The standard InChI is InChI=1S/C23H25ClN4O2/c1-14(2)27(15(3)4)23(29)30-22-21-19-9-8-17(24)12-16(19)7-10-20(21)28(26-22)18-6-5-11-25-13-18/h5-6,8-9,11-15H,7,10H2,1-4H3. The van der Waals surface area contributed by atoms with Gasteiger partial charge in [-0.25, -0.2) is 9.48 Å². The fourth-order valence-electron chi connectivity index (χ4n) is 4.12. The molecular weight excluding hydrogens is 400 g/mol. The van der Waals surface area contributed by atoms with Crippen molar-refractivity contribution in [3.05, 3.63) is 59.0 Å². The van der Waals surface area contributed by atoms with Gasteiger partial charge in [-0.3, -0.25) is 4.98 Å². The van der Waals surface area contributed by atoms with E-state index in [1.54, 1.807) is 17.3 Å². The third kappa shape index (κ3) is 3.67. The monoisotopic (exact) mass is 424 g/mol. The number of halogens is 1. The molecule has 4 rings (SSSR count). The second-order valence-corrected chi connectivity index (χ2v) is 8.45. The van der Waals surface area contributed by atoms with Crippen LogP contribution in [0.3, 0.4) is 0 Å². The molecule has 156 valence electrons. The normalized spacial score (nSPS) is 12.6. The highest BCUT2D eigenvalue weighted by atomic mass is 35.5. The fraction of sp³-hybridized carbons (Fsp3) is 0.348. The number of aromatic nitrogens is 3. The maximum Gasteiger partial charge on any atom is 0.417 e. The lowest BCUT2D eigenvalue weighted by molar-refractivity contribution is 0.121. The van der Waals surface area contributed by atoms with Crippen molar-refractivity contribution >= 4 is 17.7 Å². The van der Waals surface area contributed by atoms with E-state index < -0.39 is 6.09 Å². The molecule has 0 radical (unpaired) electrons. The minimum Gasteiger partial charge on any atom is -0.389 e. The van der Waals surface area contributed by atoms with Gasteiger partial charge in [-0.05, 0) is 75.9 Å². The van der Waals surface area contributed by atoms with Crippen molar-refractivity contribution in [2.75, 3.05) is 0 Å². The van der Waals surface area contributed by atoms with Crippen LogP contribution in [0, 0.1) is 0 Å². The van der Waals surface area contributed by atoms with E-state index in [0.29, 0.717) is 10.9 Å². The minimum atomic E-state index is -0.403. The van der Waals surface area contributed by atoms with Gasteiger partial charge in [0.2, 0.25) is 0 Å². The second-order valence-electron chi connectivity index (χ2n) is 8.01. The van der Waals surface area contributed by atoms with Crippen LogP contribution in [0.15, 0.2) is 42.7 Å². The average molecular weight is 425 g/mol. The minimum absolute atomic E-state index is 0.0137. The number of rotatable bonds is 4. The SMILES string of the molecule is CC(C)N(C(=O)Oc1nn(-c2cccnc2)c2c1-c1ccc(Cl)cc1CC2)C(C)C. The number of pyridine rings is 1. The number of benzene rings is 1. The number of hydrogen-bond acceptors (Lipinski definition) is 4. The van der Waals surface area contributed by atoms with E-state index in [4.69, 9.17) is 21.4 Å². The molecule has 1 aliphatic rings. The van der Waals surface area contributed by atoms with E-state index in [9.17, 15) is 4.79 Å². The van der Waals surface area contributed by atoms with Gasteiger partial charge >= 0.3 is 6.09 Å². The zero-order valence-electron chi connectivity index (χ0n) is 17.6. The Kier molecular flexibility index (Phi) is 5.52. The zero-order valence-corrected chi connectivity index (χ0v) is 18.3. The average Bonchev–Trinajstić information content (AvgIpc) is 3.06. The highest BCUT2D eigenvalue weighted by Crippen LogP contribution is 2.41. The molecule has 0 fully saturated rings. The van der Waals surface area contributed by atoms with Crippen molar-refractivity contribution in [3.63, 3.8) is 0 Å². The Balaban J connectivity index is 1.84. The summed E-state index contributed by atoms with van der Waals surface area (Å²) in [5.41, 5.74) is 4.80. The summed E-state index contributed by atoms with van der Waals surface area (Å²) in [7, 11) is 0. The molecule has 1 aromatic carbocycles. The number of ether oxygens (including phenoxy) is 1. The predicted octanol–water partition coefficient (Wildman–Crippen LogP) is 5.30.